The van der Waals surface area contributed by atoms with E-state index in [1.54, 1.807) is 42.3 Å². The Kier molecular flexibility index (Phi) is 4.53. The average molecular weight is 364 g/mol. The van der Waals surface area contributed by atoms with E-state index < -0.39 is 6.04 Å². The Bertz CT molecular complexity index is 1010. The molecule has 8 heteroatoms. The van der Waals surface area contributed by atoms with E-state index in [0.29, 0.717) is 37.1 Å². The number of rotatable bonds is 3. The number of amides is 1. The summed E-state index contributed by atoms with van der Waals surface area (Å²) in [6.45, 7) is 4.25. The highest BCUT2D eigenvalue weighted by atomic mass is 16.2. The minimum Gasteiger partial charge on any atom is -0.353 e. The van der Waals surface area contributed by atoms with Crippen molar-refractivity contribution in [2.45, 2.75) is 13.0 Å². The summed E-state index contributed by atoms with van der Waals surface area (Å²) >= 11 is 0. The lowest BCUT2D eigenvalue weighted by Crippen LogP contribution is -2.51. The lowest BCUT2D eigenvalue weighted by molar-refractivity contribution is -0.135. The van der Waals surface area contributed by atoms with Gasteiger partial charge < -0.3 is 9.80 Å². The molecule has 1 amide bonds. The number of hydrogen-bond acceptors (Lipinski definition) is 6. The van der Waals surface area contributed by atoms with Crippen LogP contribution in [-0.4, -0.2) is 57.0 Å². The molecule has 1 atom stereocenters. The molecule has 3 aromatic rings. The SMILES string of the molecule is C[C@H](C(=O)N1CCN(c2ccccn2)CC1)n1nnc2ccccc2c1=O. The first-order chi connectivity index (χ1) is 13.1. The van der Waals surface area contributed by atoms with Crippen LogP contribution in [0.3, 0.4) is 0 Å². The lowest BCUT2D eigenvalue weighted by atomic mass is 10.2. The van der Waals surface area contributed by atoms with Crippen molar-refractivity contribution in [1.29, 1.82) is 0 Å². The standard InChI is InChI=1S/C19H20N6O2/c1-14(25-19(27)15-6-2-3-7-16(15)21-22-25)18(26)24-12-10-23(11-13-24)17-8-4-5-9-20-17/h2-9,14H,10-13H2,1H3/t14-/m1/s1. The van der Waals surface area contributed by atoms with Crippen LogP contribution in [0.5, 0.6) is 0 Å². The predicted molar refractivity (Wildman–Crippen MR) is 102 cm³/mol. The number of carbonyl (C=O) groups is 1. The largest absolute Gasteiger partial charge is 0.353 e. The van der Waals surface area contributed by atoms with Gasteiger partial charge in [-0.3, -0.25) is 9.59 Å². The molecule has 4 rings (SSSR count). The molecule has 3 heterocycles. The molecular formula is C19H20N6O2. The van der Waals surface area contributed by atoms with E-state index in [9.17, 15) is 9.59 Å². The number of pyridine rings is 1. The molecule has 0 bridgehead atoms. The van der Waals surface area contributed by atoms with Gasteiger partial charge in [0, 0.05) is 32.4 Å². The van der Waals surface area contributed by atoms with Crippen LogP contribution in [0.1, 0.15) is 13.0 Å². The van der Waals surface area contributed by atoms with Gasteiger partial charge in [0.1, 0.15) is 17.4 Å². The first-order valence-corrected chi connectivity index (χ1v) is 8.94. The van der Waals surface area contributed by atoms with Crippen molar-refractivity contribution in [3.63, 3.8) is 0 Å². The van der Waals surface area contributed by atoms with Gasteiger partial charge in [-0.05, 0) is 31.2 Å². The zero-order chi connectivity index (χ0) is 18.8. The van der Waals surface area contributed by atoms with Crippen LogP contribution in [0.15, 0.2) is 53.5 Å². The summed E-state index contributed by atoms with van der Waals surface area (Å²) in [5.74, 6) is 0.789. The second-order valence-corrected chi connectivity index (χ2v) is 6.53. The highest BCUT2D eigenvalue weighted by Gasteiger charge is 2.27. The van der Waals surface area contributed by atoms with Gasteiger partial charge in [0.15, 0.2) is 0 Å². The number of anilines is 1. The van der Waals surface area contributed by atoms with Crippen molar-refractivity contribution < 1.29 is 4.79 Å². The van der Waals surface area contributed by atoms with Crippen molar-refractivity contribution in [3.8, 4) is 0 Å². The summed E-state index contributed by atoms with van der Waals surface area (Å²) < 4.78 is 1.18. The number of nitrogens with zero attached hydrogens (tertiary/aromatic N) is 6. The Labute approximate surface area is 156 Å². The first kappa shape index (κ1) is 17.1. The molecule has 0 spiro atoms. The fourth-order valence-corrected chi connectivity index (χ4v) is 3.32. The smallest absolute Gasteiger partial charge is 0.278 e. The summed E-state index contributed by atoms with van der Waals surface area (Å²) in [5.41, 5.74) is 0.232. The van der Waals surface area contributed by atoms with Crippen LogP contribution in [0.2, 0.25) is 0 Å². The topological polar surface area (TPSA) is 84.2 Å². The van der Waals surface area contributed by atoms with Crippen molar-refractivity contribution >= 4 is 22.6 Å². The van der Waals surface area contributed by atoms with E-state index in [1.807, 2.05) is 18.2 Å². The highest BCUT2D eigenvalue weighted by Crippen LogP contribution is 2.15. The van der Waals surface area contributed by atoms with Crippen molar-refractivity contribution in [3.05, 3.63) is 59.0 Å². The minimum absolute atomic E-state index is 0.123. The van der Waals surface area contributed by atoms with Gasteiger partial charge in [-0.1, -0.05) is 23.4 Å². The number of benzene rings is 1. The van der Waals surface area contributed by atoms with Gasteiger partial charge in [-0.25, -0.2) is 4.98 Å². The minimum atomic E-state index is -0.698. The third-order valence-corrected chi connectivity index (χ3v) is 4.88. The summed E-state index contributed by atoms with van der Waals surface area (Å²) in [5, 5.41) is 8.50. The monoisotopic (exact) mass is 364 g/mol. The normalized spacial score (nSPS) is 15.7. The van der Waals surface area contributed by atoms with Gasteiger partial charge >= 0.3 is 0 Å². The molecule has 1 saturated heterocycles. The molecular weight excluding hydrogens is 344 g/mol. The third-order valence-electron chi connectivity index (χ3n) is 4.88. The van der Waals surface area contributed by atoms with Crippen molar-refractivity contribution in [2.75, 3.05) is 31.1 Å². The summed E-state index contributed by atoms with van der Waals surface area (Å²) in [6.07, 6.45) is 1.76. The fourth-order valence-electron chi connectivity index (χ4n) is 3.32. The molecule has 0 radical (unpaired) electrons. The van der Waals surface area contributed by atoms with E-state index >= 15 is 0 Å². The van der Waals surface area contributed by atoms with Gasteiger partial charge in [-0.2, -0.15) is 4.68 Å². The van der Waals surface area contributed by atoms with Gasteiger partial charge in [0.05, 0.1) is 5.39 Å². The second-order valence-electron chi connectivity index (χ2n) is 6.53. The third kappa shape index (κ3) is 3.25. The van der Waals surface area contributed by atoms with Crippen LogP contribution in [-0.2, 0) is 4.79 Å². The first-order valence-electron chi connectivity index (χ1n) is 8.94. The molecule has 1 fully saturated rings. The van der Waals surface area contributed by atoms with Crippen LogP contribution >= 0.6 is 0 Å². The van der Waals surface area contributed by atoms with E-state index in [4.69, 9.17) is 0 Å². The Hall–Kier alpha value is -3.29. The molecule has 27 heavy (non-hydrogen) atoms. The fraction of sp³-hybridized carbons (Fsp3) is 0.316. The molecule has 1 aliphatic heterocycles. The zero-order valence-electron chi connectivity index (χ0n) is 15.0. The predicted octanol–water partition coefficient (Wildman–Crippen LogP) is 1.10. The highest BCUT2D eigenvalue weighted by molar-refractivity contribution is 5.81. The number of fused-ring (bicyclic) bond motifs is 1. The molecule has 1 aromatic carbocycles. The molecule has 138 valence electrons. The van der Waals surface area contributed by atoms with Crippen LogP contribution < -0.4 is 10.5 Å². The van der Waals surface area contributed by atoms with Gasteiger partial charge in [0.2, 0.25) is 5.91 Å². The van der Waals surface area contributed by atoms with Gasteiger partial charge in [-0.15, -0.1) is 5.10 Å². The van der Waals surface area contributed by atoms with E-state index in [0.717, 1.165) is 5.82 Å². The molecule has 0 aliphatic carbocycles. The van der Waals surface area contributed by atoms with Crippen molar-refractivity contribution in [2.24, 2.45) is 0 Å². The quantitative estimate of drug-likeness (QED) is 0.692. The Morgan fingerprint density at radius 1 is 1.04 bits per heavy atom. The number of aromatic nitrogens is 4. The summed E-state index contributed by atoms with van der Waals surface area (Å²) in [6, 6.07) is 12.1. The maximum Gasteiger partial charge on any atom is 0.278 e. The molecule has 8 nitrogen and oxygen atoms in total. The zero-order valence-corrected chi connectivity index (χ0v) is 15.0. The second kappa shape index (κ2) is 7.14. The summed E-state index contributed by atoms with van der Waals surface area (Å²) in [4.78, 5) is 33.8. The molecule has 1 aliphatic rings. The molecule has 0 saturated carbocycles. The van der Waals surface area contributed by atoms with Gasteiger partial charge in [0.25, 0.3) is 5.56 Å². The van der Waals surface area contributed by atoms with E-state index in [-0.39, 0.29) is 11.5 Å². The summed E-state index contributed by atoms with van der Waals surface area (Å²) in [7, 11) is 0. The maximum atomic E-state index is 12.9. The molecule has 0 unspecified atom stereocenters. The lowest BCUT2D eigenvalue weighted by Gasteiger charge is -2.36. The maximum absolute atomic E-state index is 12.9. The van der Waals surface area contributed by atoms with Crippen LogP contribution in [0.4, 0.5) is 5.82 Å². The molecule has 0 N–H and O–H groups in total. The number of piperazine rings is 1. The van der Waals surface area contributed by atoms with Crippen molar-refractivity contribution in [1.82, 2.24) is 24.9 Å². The molecule has 2 aromatic heterocycles. The Balaban J connectivity index is 1.49. The Morgan fingerprint density at radius 3 is 2.52 bits per heavy atom. The van der Waals surface area contributed by atoms with E-state index in [2.05, 4.69) is 20.2 Å². The number of hydrogen-bond donors (Lipinski definition) is 0. The average Bonchev–Trinajstić information content (AvgIpc) is 2.74. The Morgan fingerprint density at radius 2 is 1.78 bits per heavy atom. The van der Waals surface area contributed by atoms with Crippen LogP contribution in [0.25, 0.3) is 10.9 Å². The van der Waals surface area contributed by atoms with E-state index in [1.165, 1.54) is 4.68 Å². The number of carbonyl (C=O) groups excluding carboxylic acids is 1. The van der Waals surface area contributed by atoms with Crippen LogP contribution in [0, 0.1) is 0 Å².